The molecule has 2 amide bonds. The molecule has 1 fully saturated rings. The van der Waals surface area contributed by atoms with Crippen LogP contribution < -0.4 is 9.47 Å². The van der Waals surface area contributed by atoms with E-state index < -0.39 is 5.97 Å². The second-order valence-electron chi connectivity index (χ2n) is 15.5. The van der Waals surface area contributed by atoms with E-state index >= 15 is 0 Å². The maximum atomic E-state index is 14.7. The normalized spacial score (nSPS) is 15.5. The first-order valence-electron chi connectivity index (χ1n) is 21.7. The van der Waals surface area contributed by atoms with Crippen molar-refractivity contribution in [2.24, 2.45) is 11.8 Å². The molecule has 6 rings (SSSR count). The number of carbonyl (C=O) groups excluding carboxylic acids is 3. The summed E-state index contributed by atoms with van der Waals surface area (Å²) in [7, 11) is 0. The van der Waals surface area contributed by atoms with E-state index in [2.05, 4.69) is 33.8 Å². The standard InChI is InChI=1S/C48H57N3O6S4/c1-6-11-20-32(9-4)30-56-38-40-41(59-47(58-40)36(27-49)46(54)55-26-13-8-3)39(57-31-33(10-5)21-12-7-2)43-42(38)60-48(61-43)37-44(52)50(28-34-22-16-14-17-23-34)51(45(37)53)29-35-24-18-15-19-25-35/h14-19,22-25,32-33H,6-13,20-21,26,28-31H2,1-5H3. The molecule has 9 nitrogen and oxygen atoms in total. The first kappa shape index (κ1) is 46.5. The molecule has 0 N–H and O–H groups in total. The molecule has 13 heteroatoms. The molecule has 0 bridgehead atoms. The van der Waals surface area contributed by atoms with Crippen molar-refractivity contribution >= 4 is 64.8 Å². The van der Waals surface area contributed by atoms with Gasteiger partial charge in [0, 0.05) is 0 Å². The number of fused-ring (bicyclic) bond motifs is 2. The predicted octanol–water partition coefficient (Wildman–Crippen LogP) is 12.5. The third-order valence-electron chi connectivity index (χ3n) is 11.0. The highest BCUT2D eigenvalue weighted by Gasteiger charge is 2.47. The molecule has 2 atom stereocenters. The number of hydrazine groups is 1. The Kier molecular flexibility index (Phi) is 17.5. The number of amides is 2. The number of nitrogens with zero attached hydrogens (tertiary/aromatic N) is 3. The number of rotatable bonds is 22. The Morgan fingerprint density at radius 3 is 1.51 bits per heavy atom. The van der Waals surface area contributed by atoms with Gasteiger partial charge in [-0.1, -0.05) is 187 Å². The highest BCUT2D eigenvalue weighted by atomic mass is 32.2. The lowest BCUT2D eigenvalue weighted by Crippen LogP contribution is -2.39. The second-order valence-corrected chi connectivity index (χ2v) is 20.1. The molecule has 2 unspecified atom stereocenters. The van der Waals surface area contributed by atoms with Gasteiger partial charge in [0.2, 0.25) is 0 Å². The molecule has 0 aliphatic carbocycles. The Labute approximate surface area is 378 Å². The summed E-state index contributed by atoms with van der Waals surface area (Å²) in [4.78, 5) is 45.8. The van der Waals surface area contributed by atoms with Crippen LogP contribution in [0.4, 0.5) is 0 Å². The number of carbonyl (C=O) groups is 3. The van der Waals surface area contributed by atoms with Crippen LogP contribution in [0.2, 0.25) is 0 Å². The van der Waals surface area contributed by atoms with Gasteiger partial charge in [-0.15, -0.1) is 0 Å². The Hall–Kier alpha value is -3.96. The van der Waals surface area contributed by atoms with Crippen LogP contribution in [0, 0.1) is 23.2 Å². The smallest absolute Gasteiger partial charge is 0.350 e. The molecule has 61 heavy (non-hydrogen) atoms. The van der Waals surface area contributed by atoms with Gasteiger partial charge in [0.05, 0.1) is 61.0 Å². The molecule has 0 saturated carbocycles. The minimum Gasteiger partial charge on any atom is -0.491 e. The molecule has 1 saturated heterocycles. The lowest BCUT2D eigenvalue weighted by atomic mass is 10.0. The van der Waals surface area contributed by atoms with Crippen LogP contribution in [0.3, 0.4) is 0 Å². The first-order valence-corrected chi connectivity index (χ1v) is 25.0. The van der Waals surface area contributed by atoms with Crippen LogP contribution in [0.25, 0.3) is 0 Å². The number of esters is 1. The largest absolute Gasteiger partial charge is 0.491 e. The van der Waals surface area contributed by atoms with Crippen molar-refractivity contribution in [2.45, 2.75) is 131 Å². The maximum absolute atomic E-state index is 14.7. The van der Waals surface area contributed by atoms with Gasteiger partial charge in [-0.25, -0.2) is 14.8 Å². The summed E-state index contributed by atoms with van der Waals surface area (Å²) in [6.45, 7) is 12.4. The summed E-state index contributed by atoms with van der Waals surface area (Å²) in [5.41, 5.74) is 1.92. The average Bonchev–Trinajstić information content (AvgIpc) is 3.97. The molecule has 0 radical (unpaired) electrons. The Balaban J connectivity index is 1.47. The predicted molar refractivity (Wildman–Crippen MR) is 247 cm³/mol. The fraction of sp³-hybridized carbons (Fsp3) is 0.458. The van der Waals surface area contributed by atoms with Gasteiger partial charge in [0.1, 0.15) is 23.1 Å². The molecular weight excluding hydrogens is 843 g/mol. The van der Waals surface area contributed by atoms with Crippen LogP contribution in [0.15, 0.2) is 99.9 Å². The van der Waals surface area contributed by atoms with E-state index in [1.54, 1.807) is 10.0 Å². The zero-order valence-corrected chi connectivity index (χ0v) is 39.2. The van der Waals surface area contributed by atoms with E-state index in [1.165, 1.54) is 47.0 Å². The van der Waals surface area contributed by atoms with Gasteiger partial charge in [-0.05, 0) is 42.2 Å². The third-order valence-corrected chi connectivity index (χ3v) is 16.2. The van der Waals surface area contributed by atoms with Gasteiger partial charge < -0.3 is 14.2 Å². The van der Waals surface area contributed by atoms with Gasteiger partial charge in [-0.2, -0.15) is 5.26 Å². The van der Waals surface area contributed by atoms with Crippen molar-refractivity contribution in [1.82, 2.24) is 10.0 Å². The lowest BCUT2D eigenvalue weighted by Gasteiger charge is -2.27. The molecule has 3 aliphatic rings. The second kappa shape index (κ2) is 22.9. The average molecular weight is 900 g/mol. The van der Waals surface area contributed by atoms with Crippen molar-refractivity contribution in [3.63, 3.8) is 0 Å². The van der Waals surface area contributed by atoms with E-state index in [9.17, 15) is 19.6 Å². The van der Waals surface area contributed by atoms with Crippen LogP contribution in [0.5, 0.6) is 11.5 Å². The molecule has 0 aromatic heterocycles. The van der Waals surface area contributed by atoms with E-state index in [-0.39, 0.29) is 42.7 Å². The lowest BCUT2D eigenvalue weighted by molar-refractivity contribution is -0.149. The van der Waals surface area contributed by atoms with Crippen LogP contribution in [-0.2, 0) is 32.2 Å². The fourth-order valence-corrected chi connectivity index (χ4v) is 12.7. The Morgan fingerprint density at radius 2 is 1.10 bits per heavy atom. The molecular formula is C48H57N3O6S4. The van der Waals surface area contributed by atoms with Gasteiger partial charge in [-0.3, -0.25) is 9.59 Å². The number of benzene rings is 3. The number of ether oxygens (including phenoxy) is 3. The number of hydrogen-bond acceptors (Lipinski definition) is 11. The zero-order valence-electron chi connectivity index (χ0n) is 36.0. The maximum Gasteiger partial charge on any atom is 0.350 e. The van der Waals surface area contributed by atoms with Crippen molar-refractivity contribution < 1.29 is 28.6 Å². The Bertz CT molecular complexity index is 2010. The topological polar surface area (TPSA) is 109 Å². The van der Waals surface area contributed by atoms with Gasteiger partial charge in [0.25, 0.3) is 11.8 Å². The third kappa shape index (κ3) is 11.2. The number of nitriles is 1. The molecule has 3 aliphatic heterocycles. The number of thioether (sulfide) groups is 4. The van der Waals surface area contributed by atoms with E-state index in [4.69, 9.17) is 14.2 Å². The molecule has 324 valence electrons. The van der Waals surface area contributed by atoms with Crippen molar-refractivity contribution in [2.75, 3.05) is 19.8 Å². The summed E-state index contributed by atoms with van der Waals surface area (Å²) in [5.74, 6) is 0.547. The van der Waals surface area contributed by atoms with Gasteiger partial charge >= 0.3 is 5.97 Å². The van der Waals surface area contributed by atoms with Crippen molar-refractivity contribution in [3.05, 3.63) is 91.4 Å². The Morgan fingerprint density at radius 1 is 0.656 bits per heavy atom. The molecule has 3 heterocycles. The summed E-state index contributed by atoms with van der Waals surface area (Å²) >= 11 is 5.43. The number of hydrogen-bond donors (Lipinski definition) is 0. The highest BCUT2D eigenvalue weighted by Crippen LogP contribution is 2.68. The summed E-state index contributed by atoms with van der Waals surface area (Å²) in [5, 5.41) is 13.5. The van der Waals surface area contributed by atoms with Crippen LogP contribution in [0.1, 0.15) is 110 Å². The quantitative estimate of drug-likeness (QED) is 0.0316. The molecule has 0 spiro atoms. The minimum absolute atomic E-state index is 0.0367. The SMILES string of the molecule is CCCCOC(=O)C(C#N)=C1Sc2c(OCC(CC)CCCC)c3c(c(OCC(CC)CCCC)c2S1)SC(=C1C(=O)N(Cc2ccccc2)N(Cc2ccccc2)C1=O)S3. The van der Waals surface area contributed by atoms with Gasteiger partial charge in [0.15, 0.2) is 5.57 Å². The van der Waals surface area contributed by atoms with Crippen molar-refractivity contribution in [1.29, 1.82) is 5.26 Å². The fourth-order valence-electron chi connectivity index (χ4n) is 7.19. The van der Waals surface area contributed by atoms with Crippen LogP contribution >= 0.6 is 47.0 Å². The first-order chi connectivity index (χ1) is 29.8. The number of unbranched alkanes of at least 4 members (excludes halogenated alkanes) is 3. The summed E-state index contributed by atoms with van der Waals surface area (Å²) in [6, 6.07) is 21.6. The molecule has 3 aromatic carbocycles. The zero-order chi connectivity index (χ0) is 43.3. The van der Waals surface area contributed by atoms with E-state index in [1.807, 2.05) is 67.6 Å². The van der Waals surface area contributed by atoms with E-state index in [0.29, 0.717) is 51.4 Å². The monoisotopic (exact) mass is 899 g/mol. The minimum atomic E-state index is -0.637. The summed E-state index contributed by atoms with van der Waals surface area (Å²) < 4.78 is 20.5. The van der Waals surface area contributed by atoms with E-state index in [0.717, 1.165) is 88.5 Å². The van der Waals surface area contributed by atoms with Crippen molar-refractivity contribution in [3.8, 4) is 17.6 Å². The van der Waals surface area contributed by atoms with Crippen LogP contribution in [-0.4, -0.2) is 47.6 Å². The summed E-state index contributed by atoms with van der Waals surface area (Å²) in [6.07, 6.45) is 9.89. The molecule has 3 aromatic rings. The highest BCUT2D eigenvalue weighted by molar-refractivity contribution is 8.26.